The minimum Gasteiger partial charge on any atom is -0.483 e. The van der Waals surface area contributed by atoms with Gasteiger partial charge in [-0.2, -0.15) is 0 Å². The number of benzene rings is 1. The summed E-state index contributed by atoms with van der Waals surface area (Å²) in [4.78, 5) is 12.7. The third kappa shape index (κ3) is 3.23. The van der Waals surface area contributed by atoms with Gasteiger partial charge in [-0.1, -0.05) is 6.07 Å². The second-order valence-corrected chi connectivity index (χ2v) is 7.14. The average molecular weight is 372 g/mol. The Balaban J connectivity index is 1.73. The zero-order chi connectivity index (χ0) is 18.1. The molecule has 1 aromatic heterocycles. The van der Waals surface area contributed by atoms with Crippen molar-refractivity contribution in [3.05, 3.63) is 45.7 Å². The lowest BCUT2D eigenvalue weighted by Crippen LogP contribution is -2.28. The van der Waals surface area contributed by atoms with Crippen LogP contribution < -0.4 is 15.6 Å². The molecule has 0 spiro atoms. The maximum Gasteiger partial charge on any atom is 0.253 e. The van der Waals surface area contributed by atoms with E-state index in [0.29, 0.717) is 12.5 Å². The highest BCUT2D eigenvalue weighted by atomic mass is 32.1. The van der Waals surface area contributed by atoms with Crippen molar-refractivity contribution in [2.24, 2.45) is 0 Å². The molecule has 2 aliphatic heterocycles. The minimum atomic E-state index is 0.0339. The summed E-state index contributed by atoms with van der Waals surface area (Å²) < 4.78 is 13.1. The van der Waals surface area contributed by atoms with E-state index in [1.165, 1.54) is 5.56 Å². The van der Waals surface area contributed by atoms with Gasteiger partial charge < -0.3 is 19.4 Å². The van der Waals surface area contributed by atoms with Crippen LogP contribution in [0.2, 0.25) is 0 Å². The van der Waals surface area contributed by atoms with Crippen LogP contribution in [-0.2, 0) is 17.7 Å². The van der Waals surface area contributed by atoms with Crippen LogP contribution in [0.4, 0.5) is 5.69 Å². The SMILES string of the molecule is Cc1c(NCC2CCCO2)cc(=O)n2c1-c1cc(OCS)ccc1CC2. The first-order valence-electron chi connectivity index (χ1n) is 9.14. The number of ether oxygens (including phenoxy) is 2. The Hall–Kier alpha value is -1.92. The van der Waals surface area contributed by atoms with Crippen molar-refractivity contribution in [1.29, 1.82) is 0 Å². The molecule has 1 aromatic carbocycles. The normalized spacial score (nSPS) is 18.3. The summed E-state index contributed by atoms with van der Waals surface area (Å²) in [5, 5.41) is 3.43. The molecule has 5 nitrogen and oxygen atoms in total. The molecule has 1 N–H and O–H groups in total. The summed E-state index contributed by atoms with van der Waals surface area (Å²) in [7, 11) is 0. The number of nitrogens with zero attached hydrogens (tertiary/aromatic N) is 1. The van der Waals surface area contributed by atoms with Crippen molar-refractivity contribution in [1.82, 2.24) is 4.57 Å². The minimum absolute atomic E-state index is 0.0339. The van der Waals surface area contributed by atoms with Crippen molar-refractivity contribution in [3.63, 3.8) is 0 Å². The van der Waals surface area contributed by atoms with Gasteiger partial charge in [-0.3, -0.25) is 4.79 Å². The van der Waals surface area contributed by atoms with Gasteiger partial charge in [0.25, 0.3) is 5.56 Å². The molecular weight excluding hydrogens is 348 g/mol. The first-order chi connectivity index (χ1) is 12.7. The number of aryl methyl sites for hydroxylation is 1. The summed E-state index contributed by atoms with van der Waals surface area (Å²) in [6.07, 6.45) is 3.27. The Labute approximate surface area is 158 Å². The fourth-order valence-electron chi connectivity index (χ4n) is 3.92. The standard InChI is InChI=1S/C20H24N2O3S/c1-13-18(21-11-16-3-2-8-24-16)10-19(23)22-7-6-14-4-5-15(25-12-26)9-17(14)20(13)22/h4-5,9-10,16,21,26H,2-3,6-8,11-12H2,1H3. The topological polar surface area (TPSA) is 52.5 Å². The zero-order valence-electron chi connectivity index (χ0n) is 15.0. The summed E-state index contributed by atoms with van der Waals surface area (Å²) in [5.41, 5.74) is 5.32. The lowest BCUT2D eigenvalue weighted by molar-refractivity contribution is 0.120. The molecule has 4 rings (SSSR count). The number of hydrogen-bond acceptors (Lipinski definition) is 5. The van der Waals surface area contributed by atoms with Crippen LogP contribution in [0.25, 0.3) is 11.3 Å². The van der Waals surface area contributed by atoms with Gasteiger partial charge in [-0.05, 0) is 49.4 Å². The molecule has 0 saturated carbocycles. The van der Waals surface area contributed by atoms with Crippen LogP contribution in [0.3, 0.4) is 0 Å². The van der Waals surface area contributed by atoms with E-state index in [1.54, 1.807) is 6.07 Å². The van der Waals surface area contributed by atoms with Crippen LogP contribution in [-0.4, -0.2) is 29.8 Å². The average Bonchev–Trinajstić information content (AvgIpc) is 3.16. The van der Waals surface area contributed by atoms with E-state index >= 15 is 0 Å². The van der Waals surface area contributed by atoms with Crippen molar-refractivity contribution in [3.8, 4) is 17.0 Å². The zero-order valence-corrected chi connectivity index (χ0v) is 15.9. The highest BCUT2D eigenvalue weighted by Gasteiger charge is 2.22. The Morgan fingerprint density at radius 1 is 1.38 bits per heavy atom. The number of pyridine rings is 1. The predicted octanol–water partition coefficient (Wildman–Crippen LogP) is 3.24. The van der Waals surface area contributed by atoms with E-state index < -0.39 is 0 Å². The Morgan fingerprint density at radius 3 is 3.04 bits per heavy atom. The van der Waals surface area contributed by atoms with Crippen LogP contribution in [0, 0.1) is 6.92 Å². The largest absolute Gasteiger partial charge is 0.483 e. The van der Waals surface area contributed by atoms with E-state index in [4.69, 9.17) is 9.47 Å². The van der Waals surface area contributed by atoms with Crippen LogP contribution in [0.15, 0.2) is 29.1 Å². The van der Waals surface area contributed by atoms with Gasteiger partial charge in [0, 0.05) is 37.0 Å². The van der Waals surface area contributed by atoms with Crippen molar-refractivity contribution in [2.75, 3.05) is 24.4 Å². The van der Waals surface area contributed by atoms with Gasteiger partial charge in [-0.15, -0.1) is 12.6 Å². The number of rotatable bonds is 5. The molecule has 26 heavy (non-hydrogen) atoms. The second-order valence-electron chi connectivity index (χ2n) is 6.88. The molecular formula is C20H24N2O3S. The fourth-order valence-corrected chi connectivity index (χ4v) is 4.07. The lowest BCUT2D eigenvalue weighted by atomic mass is 9.94. The highest BCUT2D eigenvalue weighted by molar-refractivity contribution is 7.80. The van der Waals surface area contributed by atoms with Gasteiger partial charge in [-0.25, -0.2) is 0 Å². The number of thiol groups is 1. The molecule has 0 radical (unpaired) electrons. The molecule has 1 unspecified atom stereocenters. The predicted molar refractivity (Wildman–Crippen MR) is 107 cm³/mol. The van der Waals surface area contributed by atoms with Gasteiger partial charge in [0.1, 0.15) is 11.7 Å². The van der Waals surface area contributed by atoms with Crippen LogP contribution in [0.1, 0.15) is 24.0 Å². The summed E-state index contributed by atoms with van der Waals surface area (Å²) in [6, 6.07) is 7.80. The molecule has 0 bridgehead atoms. The smallest absolute Gasteiger partial charge is 0.253 e. The van der Waals surface area contributed by atoms with E-state index in [0.717, 1.165) is 60.7 Å². The number of fused-ring (bicyclic) bond motifs is 3. The monoisotopic (exact) mass is 372 g/mol. The van der Waals surface area contributed by atoms with Crippen LogP contribution in [0.5, 0.6) is 5.75 Å². The molecule has 1 atom stereocenters. The number of hydrogen-bond donors (Lipinski definition) is 2. The Bertz CT molecular complexity index is 872. The molecule has 3 heterocycles. The van der Waals surface area contributed by atoms with Crippen LogP contribution >= 0.6 is 12.6 Å². The summed E-state index contributed by atoms with van der Waals surface area (Å²) >= 11 is 4.14. The quantitative estimate of drug-likeness (QED) is 0.625. The van der Waals surface area contributed by atoms with E-state index in [-0.39, 0.29) is 11.7 Å². The van der Waals surface area contributed by atoms with Gasteiger partial charge in [0.2, 0.25) is 0 Å². The van der Waals surface area contributed by atoms with Crippen molar-refractivity contribution in [2.45, 2.75) is 38.8 Å². The Morgan fingerprint density at radius 2 is 2.27 bits per heavy atom. The number of anilines is 1. The number of aromatic nitrogens is 1. The molecule has 2 aliphatic rings. The third-order valence-electron chi connectivity index (χ3n) is 5.28. The van der Waals surface area contributed by atoms with E-state index in [2.05, 4.69) is 30.9 Å². The summed E-state index contributed by atoms with van der Waals surface area (Å²) in [5.74, 6) is 1.10. The first-order valence-corrected chi connectivity index (χ1v) is 9.77. The third-order valence-corrected chi connectivity index (χ3v) is 5.41. The maximum absolute atomic E-state index is 12.7. The van der Waals surface area contributed by atoms with Crippen molar-refractivity contribution >= 4 is 18.3 Å². The number of nitrogens with one attached hydrogen (secondary N) is 1. The summed E-state index contributed by atoms with van der Waals surface area (Å²) in [6.45, 7) is 4.35. The second kappa shape index (κ2) is 7.37. The Kier molecular flexibility index (Phi) is 4.96. The van der Waals surface area contributed by atoms with Gasteiger partial charge >= 0.3 is 0 Å². The first kappa shape index (κ1) is 17.5. The fraction of sp³-hybridized carbons (Fsp3) is 0.450. The molecule has 0 aliphatic carbocycles. The van der Waals surface area contributed by atoms with Gasteiger partial charge in [0.15, 0.2) is 0 Å². The molecule has 2 aromatic rings. The molecule has 1 saturated heterocycles. The molecule has 138 valence electrons. The van der Waals surface area contributed by atoms with Crippen molar-refractivity contribution < 1.29 is 9.47 Å². The maximum atomic E-state index is 12.7. The molecule has 1 fully saturated rings. The van der Waals surface area contributed by atoms with Gasteiger partial charge in [0.05, 0.1) is 11.8 Å². The highest BCUT2D eigenvalue weighted by Crippen LogP contribution is 2.36. The molecule has 6 heteroatoms. The van der Waals surface area contributed by atoms with E-state index in [1.807, 2.05) is 16.7 Å². The molecule has 0 amide bonds. The van der Waals surface area contributed by atoms with E-state index in [9.17, 15) is 4.79 Å². The lowest BCUT2D eigenvalue weighted by Gasteiger charge is -2.26.